The van der Waals surface area contributed by atoms with Crippen LogP contribution in [0.3, 0.4) is 0 Å². The number of aryl methyl sites for hydroxylation is 1. The number of para-hydroxylation sites is 1. The highest BCUT2D eigenvalue weighted by molar-refractivity contribution is 7.98. The molecule has 4 rings (SSSR count). The van der Waals surface area contributed by atoms with Crippen molar-refractivity contribution in [2.75, 3.05) is 22.6 Å². The van der Waals surface area contributed by atoms with Crippen molar-refractivity contribution in [2.45, 2.75) is 24.8 Å². The highest BCUT2D eigenvalue weighted by Gasteiger charge is 2.42. The van der Waals surface area contributed by atoms with Crippen molar-refractivity contribution < 1.29 is 9.59 Å². The average molecular weight is 417 g/mol. The van der Waals surface area contributed by atoms with Crippen molar-refractivity contribution in [2.24, 2.45) is 0 Å². The lowest BCUT2D eigenvalue weighted by molar-refractivity contribution is -0.128. The van der Waals surface area contributed by atoms with E-state index in [2.05, 4.69) is 0 Å². The van der Waals surface area contributed by atoms with Crippen LogP contribution in [0.15, 0.2) is 77.7 Å². The first-order valence-corrected chi connectivity index (χ1v) is 11.1. The molecule has 1 aliphatic heterocycles. The van der Waals surface area contributed by atoms with Gasteiger partial charge in [-0.2, -0.15) is 0 Å². The molecule has 1 saturated heterocycles. The summed E-state index contributed by atoms with van der Waals surface area (Å²) in [5.41, 5.74) is 4.45. The van der Waals surface area contributed by atoms with Crippen molar-refractivity contribution in [3.05, 3.63) is 89.5 Å². The van der Waals surface area contributed by atoms with Crippen LogP contribution in [0.4, 0.5) is 11.4 Å². The predicted octanol–water partition coefficient (Wildman–Crippen LogP) is 5.15. The summed E-state index contributed by atoms with van der Waals surface area (Å²) in [5, 5.41) is 0. The van der Waals surface area contributed by atoms with Crippen LogP contribution >= 0.6 is 11.8 Å². The minimum Gasteiger partial charge on any atom is -0.301 e. The lowest BCUT2D eigenvalue weighted by Gasteiger charge is -2.41. The van der Waals surface area contributed by atoms with Crippen LogP contribution in [0.2, 0.25) is 0 Å². The summed E-state index contributed by atoms with van der Waals surface area (Å²) in [6.45, 7) is 4.04. The number of anilines is 2. The normalized spacial score (nSPS) is 16.8. The maximum atomic E-state index is 13.8. The highest BCUT2D eigenvalue weighted by atomic mass is 32.2. The molecule has 0 unspecified atom stereocenters. The first kappa shape index (κ1) is 20.2. The average Bonchev–Trinajstić information content (AvgIpc) is 2.77. The summed E-state index contributed by atoms with van der Waals surface area (Å²) in [5.74, 6) is -0.190. The Hall–Kier alpha value is -3.05. The Bertz CT molecular complexity index is 1080. The second kappa shape index (κ2) is 8.36. The summed E-state index contributed by atoms with van der Waals surface area (Å²) in [4.78, 5) is 31.5. The van der Waals surface area contributed by atoms with Crippen LogP contribution in [-0.4, -0.2) is 24.6 Å². The standard InChI is InChI=1S/C25H24N2O2S/c1-17-8-7-11-22(18(17)2)26-16-23(28)27(20-9-5-4-6-10-20)24(25(26)29)19-12-14-21(30-3)15-13-19/h4-15,24H,16H2,1-3H3/t24-/m0/s1. The Balaban J connectivity index is 1.83. The van der Waals surface area contributed by atoms with Crippen LogP contribution in [0.1, 0.15) is 22.7 Å². The monoisotopic (exact) mass is 416 g/mol. The van der Waals surface area contributed by atoms with Crippen LogP contribution in [0.25, 0.3) is 0 Å². The topological polar surface area (TPSA) is 40.6 Å². The van der Waals surface area contributed by atoms with Gasteiger partial charge in [-0.3, -0.25) is 14.5 Å². The quantitative estimate of drug-likeness (QED) is 0.553. The fourth-order valence-corrected chi connectivity index (χ4v) is 4.29. The van der Waals surface area contributed by atoms with E-state index in [-0.39, 0.29) is 18.4 Å². The van der Waals surface area contributed by atoms with Gasteiger partial charge in [-0.05, 0) is 67.1 Å². The summed E-state index contributed by atoms with van der Waals surface area (Å²) in [7, 11) is 0. The summed E-state index contributed by atoms with van der Waals surface area (Å²) in [6, 6.07) is 22.5. The van der Waals surface area contributed by atoms with E-state index < -0.39 is 6.04 Å². The minimum atomic E-state index is -0.704. The maximum Gasteiger partial charge on any atom is 0.255 e. The van der Waals surface area contributed by atoms with E-state index in [0.717, 1.165) is 33.0 Å². The van der Waals surface area contributed by atoms with Crippen molar-refractivity contribution in [3.8, 4) is 0 Å². The molecule has 0 aliphatic carbocycles. The number of piperazine rings is 1. The SMILES string of the molecule is CSc1ccc([C@H]2C(=O)N(c3cccc(C)c3C)CC(=O)N2c2ccccc2)cc1. The molecular weight excluding hydrogens is 392 g/mol. The Labute approximate surface area is 181 Å². The number of rotatable bonds is 4. The number of amides is 2. The molecule has 0 bridgehead atoms. The van der Waals surface area contributed by atoms with E-state index >= 15 is 0 Å². The van der Waals surface area contributed by atoms with Gasteiger partial charge >= 0.3 is 0 Å². The van der Waals surface area contributed by atoms with E-state index in [0.29, 0.717) is 0 Å². The summed E-state index contributed by atoms with van der Waals surface area (Å²) in [6.07, 6.45) is 2.02. The van der Waals surface area contributed by atoms with E-state index in [9.17, 15) is 9.59 Å². The third-order valence-electron chi connectivity index (χ3n) is 5.65. The summed E-state index contributed by atoms with van der Waals surface area (Å²) >= 11 is 1.65. The molecule has 1 fully saturated rings. The fraction of sp³-hybridized carbons (Fsp3) is 0.200. The lowest BCUT2D eigenvalue weighted by Crippen LogP contribution is -2.56. The van der Waals surface area contributed by atoms with Crippen LogP contribution in [0.5, 0.6) is 0 Å². The van der Waals surface area contributed by atoms with Crippen molar-refractivity contribution in [1.29, 1.82) is 0 Å². The molecule has 0 radical (unpaired) electrons. The predicted molar refractivity (Wildman–Crippen MR) is 123 cm³/mol. The Morgan fingerprint density at radius 2 is 1.57 bits per heavy atom. The minimum absolute atomic E-state index is 0.0252. The summed E-state index contributed by atoms with van der Waals surface area (Å²) < 4.78 is 0. The van der Waals surface area contributed by atoms with Gasteiger partial charge < -0.3 is 4.90 Å². The Morgan fingerprint density at radius 3 is 2.23 bits per heavy atom. The second-order valence-corrected chi connectivity index (χ2v) is 8.30. The molecular formula is C25H24N2O2S. The van der Waals surface area contributed by atoms with Crippen LogP contribution < -0.4 is 9.80 Å². The molecule has 2 amide bonds. The molecule has 0 aromatic heterocycles. The molecule has 1 heterocycles. The third-order valence-corrected chi connectivity index (χ3v) is 6.40. The molecule has 4 nitrogen and oxygen atoms in total. The molecule has 0 N–H and O–H groups in total. The molecule has 3 aromatic rings. The Kier molecular flexibility index (Phi) is 5.64. The van der Waals surface area contributed by atoms with Crippen molar-refractivity contribution >= 4 is 35.0 Å². The van der Waals surface area contributed by atoms with Gasteiger partial charge in [0.15, 0.2) is 0 Å². The zero-order valence-corrected chi connectivity index (χ0v) is 18.1. The Morgan fingerprint density at radius 1 is 0.867 bits per heavy atom. The van der Waals surface area contributed by atoms with Gasteiger partial charge in [0, 0.05) is 16.3 Å². The number of carbonyl (C=O) groups is 2. The van der Waals surface area contributed by atoms with Gasteiger partial charge in [0.1, 0.15) is 12.6 Å². The van der Waals surface area contributed by atoms with E-state index in [1.807, 2.05) is 92.9 Å². The number of carbonyl (C=O) groups excluding carboxylic acids is 2. The molecule has 3 aromatic carbocycles. The molecule has 0 spiro atoms. The first-order chi connectivity index (χ1) is 14.5. The lowest BCUT2D eigenvalue weighted by atomic mass is 9.98. The second-order valence-electron chi connectivity index (χ2n) is 7.42. The first-order valence-electron chi connectivity index (χ1n) is 9.90. The van der Waals surface area contributed by atoms with Gasteiger partial charge in [-0.25, -0.2) is 0 Å². The molecule has 0 saturated carbocycles. The van der Waals surface area contributed by atoms with Gasteiger partial charge in [-0.1, -0.05) is 42.5 Å². The smallest absolute Gasteiger partial charge is 0.255 e. The number of hydrogen-bond donors (Lipinski definition) is 0. The zero-order valence-electron chi connectivity index (χ0n) is 17.3. The third kappa shape index (κ3) is 3.61. The highest BCUT2D eigenvalue weighted by Crippen LogP contribution is 2.36. The maximum absolute atomic E-state index is 13.8. The van der Waals surface area contributed by atoms with Gasteiger partial charge in [0.25, 0.3) is 5.91 Å². The van der Waals surface area contributed by atoms with E-state index in [1.165, 1.54) is 0 Å². The van der Waals surface area contributed by atoms with Crippen LogP contribution in [0, 0.1) is 13.8 Å². The fourth-order valence-electron chi connectivity index (χ4n) is 3.88. The van der Waals surface area contributed by atoms with E-state index in [4.69, 9.17) is 0 Å². The molecule has 152 valence electrons. The van der Waals surface area contributed by atoms with E-state index in [1.54, 1.807) is 21.6 Å². The van der Waals surface area contributed by atoms with Crippen molar-refractivity contribution in [3.63, 3.8) is 0 Å². The van der Waals surface area contributed by atoms with Crippen molar-refractivity contribution in [1.82, 2.24) is 0 Å². The van der Waals surface area contributed by atoms with Gasteiger partial charge in [0.2, 0.25) is 5.91 Å². The van der Waals surface area contributed by atoms with Crippen LogP contribution in [-0.2, 0) is 9.59 Å². The number of hydrogen-bond acceptors (Lipinski definition) is 3. The number of nitrogens with zero attached hydrogens (tertiary/aromatic N) is 2. The zero-order chi connectivity index (χ0) is 21.3. The molecule has 5 heteroatoms. The largest absolute Gasteiger partial charge is 0.301 e. The molecule has 30 heavy (non-hydrogen) atoms. The molecule has 1 aliphatic rings. The number of benzene rings is 3. The number of thioether (sulfide) groups is 1. The molecule has 1 atom stereocenters. The van der Waals surface area contributed by atoms with Gasteiger partial charge in [0.05, 0.1) is 0 Å². The van der Waals surface area contributed by atoms with Gasteiger partial charge in [-0.15, -0.1) is 11.8 Å².